The van der Waals surface area contributed by atoms with Gasteiger partial charge in [0.2, 0.25) is 0 Å². The first kappa shape index (κ1) is 20.5. The van der Waals surface area contributed by atoms with Crippen LogP contribution in [-0.4, -0.2) is 58.3 Å². The highest BCUT2D eigenvalue weighted by Gasteiger charge is 2.19. The molecule has 0 spiro atoms. The van der Waals surface area contributed by atoms with Gasteiger partial charge >= 0.3 is 0 Å². The molecule has 1 aliphatic heterocycles. The van der Waals surface area contributed by atoms with E-state index in [1.165, 1.54) is 5.69 Å². The van der Waals surface area contributed by atoms with Gasteiger partial charge in [-0.25, -0.2) is 0 Å². The second-order valence-electron chi connectivity index (χ2n) is 7.22. The quantitative estimate of drug-likeness (QED) is 0.777. The van der Waals surface area contributed by atoms with Crippen molar-refractivity contribution >= 4 is 23.0 Å². The minimum absolute atomic E-state index is 0.769. The topological polar surface area (TPSA) is 45.5 Å². The molecule has 0 amide bonds. The van der Waals surface area contributed by atoms with Crippen molar-refractivity contribution in [1.82, 2.24) is 10.2 Å². The van der Waals surface area contributed by atoms with Gasteiger partial charge in [0, 0.05) is 69.3 Å². The lowest BCUT2D eigenvalue weighted by Gasteiger charge is -2.36. The highest BCUT2D eigenvalue weighted by molar-refractivity contribution is 6.30. The maximum atomic E-state index is 9.52. The van der Waals surface area contributed by atoms with Crippen molar-refractivity contribution in [3.63, 3.8) is 0 Å². The molecule has 2 aromatic carbocycles. The van der Waals surface area contributed by atoms with E-state index in [0.717, 1.165) is 67.7 Å². The van der Waals surface area contributed by atoms with Crippen molar-refractivity contribution < 1.29 is 0 Å². The minimum Gasteiger partial charge on any atom is -0.373 e. The van der Waals surface area contributed by atoms with Gasteiger partial charge in [-0.15, -0.1) is 0 Å². The Hall–Kier alpha value is -2.26. The summed E-state index contributed by atoms with van der Waals surface area (Å²) >= 11 is 6.00. The SMILES string of the molecule is CNCCN(C)c1ccc(C#N)c(CN2CCN(c3ccc(Cl)cc3)CC2)c1. The first-order valence-electron chi connectivity index (χ1n) is 9.72. The molecule has 1 heterocycles. The molecule has 1 N–H and O–H groups in total. The molecule has 1 aliphatic rings. The van der Waals surface area contributed by atoms with Crippen LogP contribution in [0.5, 0.6) is 0 Å². The van der Waals surface area contributed by atoms with E-state index in [0.29, 0.717) is 0 Å². The van der Waals surface area contributed by atoms with E-state index in [4.69, 9.17) is 11.6 Å². The number of piperazine rings is 1. The summed E-state index contributed by atoms with van der Waals surface area (Å²) in [6, 6.07) is 16.6. The van der Waals surface area contributed by atoms with Crippen LogP contribution in [0.4, 0.5) is 11.4 Å². The number of nitriles is 1. The van der Waals surface area contributed by atoms with Crippen molar-refractivity contribution in [3.05, 3.63) is 58.6 Å². The molecule has 1 saturated heterocycles. The lowest BCUT2D eigenvalue weighted by atomic mass is 10.1. The zero-order valence-corrected chi connectivity index (χ0v) is 17.4. The van der Waals surface area contributed by atoms with Crippen LogP contribution in [0.1, 0.15) is 11.1 Å². The van der Waals surface area contributed by atoms with Crippen molar-refractivity contribution in [2.45, 2.75) is 6.54 Å². The summed E-state index contributed by atoms with van der Waals surface area (Å²) in [6.45, 7) is 6.59. The molecule has 0 atom stereocenters. The average molecular weight is 398 g/mol. The van der Waals surface area contributed by atoms with Gasteiger partial charge in [0.1, 0.15) is 0 Å². The number of hydrogen-bond donors (Lipinski definition) is 1. The normalized spacial score (nSPS) is 14.7. The molecule has 1 fully saturated rings. The summed E-state index contributed by atoms with van der Waals surface area (Å²) in [5.41, 5.74) is 4.25. The predicted molar refractivity (Wildman–Crippen MR) is 117 cm³/mol. The lowest BCUT2D eigenvalue weighted by Crippen LogP contribution is -2.46. The van der Waals surface area contributed by atoms with Gasteiger partial charge in [0.05, 0.1) is 11.6 Å². The summed E-state index contributed by atoms with van der Waals surface area (Å²) in [6.07, 6.45) is 0. The molecule has 2 aromatic rings. The molecule has 0 aliphatic carbocycles. The Labute approximate surface area is 173 Å². The van der Waals surface area contributed by atoms with Crippen LogP contribution in [-0.2, 0) is 6.54 Å². The number of nitrogens with zero attached hydrogens (tertiary/aromatic N) is 4. The fraction of sp³-hybridized carbons (Fsp3) is 0.409. The molecule has 0 bridgehead atoms. The van der Waals surface area contributed by atoms with E-state index in [-0.39, 0.29) is 0 Å². The number of rotatable bonds is 7. The van der Waals surface area contributed by atoms with Crippen molar-refractivity contribution in [1.29, 1.82) is 5.26 Å². The van der Waals surface area contributed by atoms with Gasteiger partial charge in [0.25, 0.3) is 0 Å². The van der Waals surface area contributed by atoms with E-state index in [2.05, 4.69) is 51.3 Å². The van der Waals surface area contributed by atoms with Crippen LogP contribution in [0.25, 0.3) is 0 Å². The standard InChI is InChI=1S/C22H28ClN5/c1-25-9-10-26(2)22-6-3-18(16-24)19(15-22)17-27-11-13-28(14-12-27)21-7-4-20(23)5-8-21/h3-8,15,25H,9-14,17H2,1-2H3. The molecule has 0 aromatic heterocycles. The maximum absolute atomic E-state index is 9.52. The zero-order valence-electron chi connectivity index (χ0n) is 16.7. The number of nitrogens with one attached hydrogen (secondary N) is 1. The van der Waals surface area contributed by atoms with Crippen LogP contribution >= 0.6 is 11.6 Å². The first-order valence-corrected chi connectivity index (χ1v) is 10.1. The molecule has 28 heavy (non-hydrogen) atoms. The van der Waals surface area contributed by atoms with E-state index < -0.39 is 0 Å². The second-order valence-corrected chi connectivity index (χ2v) is 7.65. The molecular weight excluding hydrogens is 370 g/mol. The number of anilines is 2. The van der Waals surface area contributed by atoms with Crippen molar-refractivity contribution in [2.75, 3.05) is 63.2 Å². The molecule has 5 nitrogen and oxygen atoms in total. The Balaban J connectivity index is 1.63. The summed E-state index contributed by atoms with van der Waals surface area (Å²) in [5, 5.41) is 13.5. The Morgan fingerprint density at radius 1 is 1.11 bits per heavy atom. The largest absolute Gasteiger partial charge is 0.373 e. The van der Waals surface area contributed by atoms with Gasteiger partial charge in [0.15, 0.2) is 0 Å². The molecular formula is C22H28ClN5. The fourth-order valence-corrected chi connectivity index (χ4v) is 3.65. The predicted octanol–water partition coefficient (Wildman–Crippen LogP) is 3.19. The van der Waals surface area contributed by atoms with Crippen LogP contribution in [0.15, 0.2) is 42.5 Å². The summed E-state index contributed by atoms with van der Waals surface area (Å²) < 4.78 is 0. The molecule has 0 saturated carbocycles. The third kappa shape index (κ3) is 5.17. The lowest BCUT2D eigenvalue weighted by molar-refractivity contribution is 0.249. The van der Waals surface area contributed by atoms with Crippen LogP contribution in [0.2, 0.25) is 5.02 Å². The third-order valence-electron chi connectivity index (χ3n) is 5.31. The fourth-order valence-electron chi connectivity index (χ4n) is 3.52. The summed E-state index contributed by atoms with van der Waals surface area (Å²) in [5.74, 6) is 0. The number of hydrogen-bond acceptors (Lipinski definition) is 5. The van der Waals surface area contributed by atoms with Crippen LogP contribution in [0.3, 0.4) is 0 Å². The van der Waals surface area contributed by atoms with Crippen molar-refractivity contribution in [2.24, 2.45) is 0 Å². The Morgan fingerprint density at radius 3 is 2.46 bits per heavy atom. The second kappa shape index (κ2) is 9.79. The molecule has 0 unspecified atom stereocenters. The monoisotopic (exact) mass is 397 g/mol. The highest BCUT2D eigenvalue weighted by atomic mass is 35.5. The van der Waals surface area contributed by atoms with E-state index in [1.54, 1.807) is 0 Å². The van der Waals surface area contributed by atoms with Gasteiger partial charge in [-0.2, -0.15) is 5.26 Å². The number of halogens is 1. The van der Waals surface area contributed by atoms with Gasteiger partial charge in [-0.05, 0) is 55.1 Å². The average Bonchev–Trinajstić information content (AvgIpc) is 2.73. The highest BCUT2D eigenvalue weighted by Crippen LogP contribution is 2.23. The minimum atomic E-state index is 0.769. The van der Waals surface area contributed by atoms with Gasteiger partial charge < -0.3 is 15.1 Å². The van der Waals surface area contributed by atoms with Gasteiger partial charge in [-0.3, -0.25) is 4.90 Å². The Kier molecular flexibility index (Phi) is 7.16. The Morgan fingerprint density at radius 2 is 1.82 bits per heavy atom. The maximum Gasteiger partial charge on any atom is 0.0995 e. The molecule has 6 heteroatoms. The van der Waals surface area contributed by atoms with E-state index >= 15 is 0 Å². The van der Waals surface area contributed by atoms with Crippen LogP contribution < -0.4 is 15.1 Å². The zero-order chi connectivity index (χ0) is 19.9. The van der Waals surface area contributed by atoms with Gasteiger partial charge in [-0.1, -0.05) is 11.6 Å². The smallest absolute Gasteiger partial charge is 0.0995 e. The third-order valence-corrected chi connectivity index (χ3v) is 5.56. The van der Waals surface area contributed by atoms with Crippen molar-refractivity contribution in [3.8, 4) is 6.07 Å². The molecule has 148 valence electrons. The van der Waals surface area contributed by atoms with E-state index in [1.807, 2.05) is 31.3 Å². The van der Waals surface area contributed by atoms with E-state index in [9.17, 15) is 5.26 Å². The molecule has 3 rings (SSSR count). The Bertz CT molecular complexity index is 807. The summed E-state index contributed by atoms with van der Waals surface area (Å²) in [4.78, 5) is 7.04. The number of benzene rings is 2. The van der Waals surface area contributed by atoms with Crippen LogP contribution in [0, 0.1) is 11.3 Å². The first-order chi connectivity index (χ1) is 13.6. The molecule has 0 radical (unpaired) electrons. The number of likely N-dealkylation sites (N-methyl/N-ethyl adjacent to an activating group) is 2. The summed E-state index contributed by atoms with van der Waals surface area (Å²) in [7, 11) is 4.05.